The average Bonchev–Trinajstić information content (AvgIpc) is 3.31. The number of carbonyl (C=O) groups is 4. The molecule has 8 heteroatoms. The second-order valence-corrected chi connectivity index (χ2v) is 9.53. The van der Waals surface area contributed by atoms with Crippen LogP contribution in [0.5, 0.6) is 0 Å². The van der Waals surface area contributed by atoms with Crippen molar-refractivity contribution in [2.45, 2.75) is 78.4 Å². The molecule has 0 saturated heterocycles. The summed E-state index contributed by atoms with van der Waals surface area (Å²) in [5.74, 6) is -1.63. The highest BCUT2D eigenvalue weighted by Crippen LogP contribution is 2.16. The van der Waals surface area contributed by atoms with E-state index < -0.39 is 23.1 Å². The van der Waals surface area contributed by atoms with Crippen molar-refractivity contribution in [2.75, 3.05) is 0 Å². The molecule has 0 aromatic carbocycles. The van der Waals surface area contributed by atoms with E-state index in [1.807, 2.05) is 0 Å². The second kappa shape index (κ2) is 9.97. The maximum atomic E-state index is 12.6. The molecule has 2 aromatic rings. The molecule has 2 aromatic heterocycles. The molecule has 8 nitrogen and oxygen atoms in total. The first kappa shape index (κ1) is 25.1. The number of nitrogens with zero attached hydrogens (tertiary/aromatic N) is 2. The fraction of sp³-hybridized carbons (Fsp3) is 0.500. The fourth-order valence-electron chi connectivity index (χ4n) is 2.98. The zero-order chi connectivity index (χ0) is 24.1. The third kappa shape index (κ3) is 7.21. The minimum Gasteiger partial charge on any atom is -0.455 e. The number of carbonyl (C=O) groups excluding carboxylic acids is 4. The van der Waals surface area contributed by atoms with Gasteiger partial charge in [0.1, 0.15) is 22.6 Å². The van der Waals surface area contributed by atoms with Gasteiger partial charge in [0.2, 0.25) is 11.8 Å². The van der Waals surface area contributed by atoms with Crippen molar-refractivity contribution in [3.8, 4) is 0 Å². The Bertz CT molecular complexity index is 905. The van der Waals surface area contributed by atoms with Crippen LogP contribution in [0.25, 0.3) is 0 Å². The molecule has 32 heavy (non-hydrogen) atoms. The summed E-state index contributed by atoms with van der Waals surface area (Å²) in [5.41, 5.74) is -0.969. The number of aromatic nitrogens is 2. The molecule has 0 aliphatic heterocycles. The van der Waals surface area contributed by atoms with Gasteiger partial charge in [0, 0.05) is 25.2 Å². The van der Waals surface area contributed by atoms with Crippen molar-refractivity contribution < 1.29 is 28.7 Å². The van der Waals surface area contributed by atoms with Gasteiger partial charge in [-0.05, 0) is 78.6 Å². The first-order valence-corrected chi connectivity index (χ1v) is 10.7. The Kier molecular flexibility index (Phi) is 7.83. The summed E-state index contributed by atoms with van der Waals surface area (Å²) in [7, 11) is 0. The first-order chi connectivity index (χ1) is 14.8. The highest BCUT2D eigenvalue weighted by molar-refractivity contribution is 5.94. The summed E-state index contributed by atoms with van der Waals surface area (Å²) < 4.78 is 13.2. The Hall–Kier alpha value is -3.16. The van der Waals surface area contributed by atoms with Gasteiger partial charge in [0.15, 0.2) is 0 Å². The van der Waals surface area contributed by atoms with E-state index in [1.54, 1.807) is 65.8 Å². The number of rotatable bonds is 7. The molecule has 2 heterocycles. The minimum absolute atomic E-state index is 0.169. The van der Waals surface area contributed by atoms with Gasteiger partial charge >= 0.3 is 11.9 Å². The summed E-state index contributed by atoms with van der Waals surface area (Å²) in [6.07, 6.45) is 4.31. The van der Waals surface area contributed by atoms with Crippen LogP contribution in [-0.4, -0.2) is 44.1 Å². The molecule has 0 saturated carbocycles. The summed E-state index contributed by atoms with van der Waals surface area (Å²) in [6, 6.07) is 6.31. The summed E-state index contributed by atoms with van der Waals surface area (Å²) in [4.78, 5) is 49.7. The molecule has 0 fully saturated rings. The summed E-state index contributed by atoms with van der Waals surface area (Å²) in [6.45, 7) is 10.6. The predicted octanol–water partition coefficient (Wildman–Crippen LogP) is 4.74. The maximum Gasteiger partial charge on any atom is 0.355 e. The van der Waals surface area contributed by atoms with E-state index in [0.29, 0.717) is 12.8 Å². The number of hydrogen-bond acceptors (Lipinski definition) is 6. The zero-order valence-electron chi connectivity index (χ0n) is 19.6. The third-order valence-electron chi connectivity index (χ3n) is 4.28. The van der Waals surface area contributed by atoms with E-state index in [2.05, 4.69) is 0 Å². The lowest BCUT2D eigenvalue weighted by atomic mass is 10.1. The van der Waals surface area contributed by atoms with Crippen molar-refractivity contribution in [3.05, 3.63) is 48.0 Å². The Balaban J connectivity index is 1.89. The fourth-order valence-corrected chi connectivity index (χ4v) is 2.98. The molecule has 0 atom stereocenters. The largest absolute Gasteiger partial charge is 0.455 e. The highest BCUT2D eigenvalue weighted by Gasteiger charge is 2.23. The van der Waals surface area contributed by atoms with E-state index in [4.69, 9.17) is 9.47 Å². The van der Waals surface area contributed by atoms with Gasteiger partial charge in [0.25, 0.3) is 0 Å². The van der Waals surface area contributed by atoms with Crippen LogP contribution in [0.15, 0.2) is 36.7 Å². The van der Waals surface area contributed by atoms with Gasteiger partial charge < -0.3 is 9.47 Å². The number of esters is 2. The molecule has 0 aliphatic rings. The van der Waals surface area contributed by atoms with E-state index in [-0.39, 0.29) is 36.0 Å². The smallest absolute Gasteiger partial charge is 0.355 e. The lowest BCUT2D eigenvalue weighted by Gasteiger charge is -2.20. The lowest BCUT2D eigenvalue weighted by molar-refractivity contribution is 0.00457. The molecular formula is C24H32N2O6. The molecule has 0 bridgehead atoms. The number of unbranched alkanes of at least 4 members (excludes halogenated alkanes) is 1. The standard InChI is InChI=1S/C24H32N2O6/c1-23(2,3)31-21(29)17-11-9-15-25(17)19(27)13-7-8-14-20(28)26-16-10-12-18(26)22(30)32-24(4,5)6/h9-12,15-16H,7-8,13-14H2,1-6H3. The van der Waals surface area contributed by atoms with Crippen molar-refractivity contribution in [1.82, 2.24) is 9.13 Å². The molecule has 0 radical (unpaired) electrons. The molecule has 0 amide bonds. The van der Waals surface area contributed by atoms with Gasteiger partial charge in [-0.15, -0.1) is 0 Å². The molecule has 0 aliphatic carbocycles. The van der Waals surface area contributed by atoms with E-state index >= 15 is 0 Å². The number of hydrogen-bond donors (Lipinski definition) is 0. The SMILES string of the molecule is CC(C)(C)OC(=O)c1cccn1C(=O)CCCCC(=O)n1cccc1C(=O)OC(C)(C)C. The predicted molar refractivity (Wildman–Crippen MR) is 119 cm³/mol. The first-order valence-electron chi connectivity index (χ1n) is 10.7. The lowest BCUT2D eigenvalue weighted by Crippen LogP contribution is -2.27. The molecule has 174 valence electrons. The van der Waals surface area contributed by atoms with Gasteiger partial charge in [-0.1, -0.05) is 0 Å². The van der Waals surface area contributed by atoms with Crippen molar-refractivity contribution in [1.29, 1.82) is 0 Å². The van der Waals surface area contributed by atoms with Crippen molar-refractivity contribution in [3.63, 3.8) is 0 Å². The average molecular weight is 445 g/mol. The zero-order valence-corrected chi connectivity index (χ0v) is 19.6. The minimum atomic E-state index is -0.661. The topological polar surface area (TPSA) is 96.6 Å². The van der Waals surface area contributed by atoms with Crippen LogP contribution in [0, 0.1) is 0 Å². The van der Waals surface area contributed by atoms with Gasteiger partial charge in [-0.25, -0.2) is 9.59 Å². The third-order valence-corrected chi connectivity index (χ3v) is 4.28. The monoisotopic (exact) mass is 444 g/mol. The molecule has 2 rings (SSSR count). The normalized spacial score (nSPS) is 11.8. The molecular weight excluding hydrogens is 412 g/mol. The molecule has 0 unspecified atom stereocenters. The highest BCUT2D eigenvalue weighted by atomic mass is 16.6. The van der Waals surface area contributed by atoms with E-state index in [9.17, 15) is 19.2 Å². The van der Waals surface area contributed by atoms with Crippen molar-refractivity contribution in [2.24, 2.45) is 0 Å². The Morgan fingerprint density at radius 2 is 1.03 bits per heavy atom. The van der Waals surface area contributed by atoms with Gasteiger partial charge in [-0.2, -0.15) is 0 Å². The molecule has 0 spiro atoms. The van der Waals surface area contributed by atoms with Crippen LogP contribution in [0.3, 0.4) is 0 Å². The Labute approximate surface area is 188 Å². The Morgan fingerprint density at radius 1 is 0.688 bits per heavy atom. The number of ether oxygens (including phenoxy) is 2. The second-order valence-electron chi connectivity index (χ2n) is 9.53. The van der Waals surface area contributed by atoms with Crippen LogP contribution in [0.4, 0.5) is 0 Å². The van der Waals surface area contributed by atoms with Crippen LogP contribution in [0.1, 0.15) is 97.8 Å². The molecule has 0 N–H and O–H groups in total. The summed E-state index contributed by atoms with van der Waals surface area (Å²) in [5, 5.41) is 0. The van der Waals surface area contributed by atoms with E-state index in [1.165, 1.54) is 21.5 Å². The van der Waals surface area contributed by atoms with Gasteiger partial charge in [-0.3, -0.25) is 18.7 Å². The van der Waals surface area contributed by atoms with Crippen LogP contribution in [0.2, 0.25) is 0 Å². The van der Waals surface area contributed by atoms with Crippen LogP contribution in [-0.2, 0) is 9.47 Å². The van der Waals surface area contributed by atoms with Crippen LogP contribution < -0.4 is 0 Å². The Morgan fingerprint density at radius 3 is 1.34 bits per heavy atom. The maximum absolute atomic E-state index is 12.6. The van der Waals surface area contributed by atoms with Gasteiger partial charge in [0.05, 0.1) is 0 Å². The van der Waals surface area contributed by atoms with E-state index in [0.717, 1.165) is 0 Å². The van der Waals surface area contributed by atoms with Crippen LogP contribution >= 0.6 is 0 Å². The summed E-state index contributed by atoms with van der Waals surface area (Å²) >= 11 is 0. The quantitative estimate of drug-likeness (QED) is 0.452. The van der Waals surface area contributed by atoms with Crippen molar-refractivity contribution >= 4 is 23.8 Å².